The van der Waals surface area contributed by atoms with E-state index in [0.29, 0.717) is 12.5 Å². The molecule has 2 heterocycles. The third kappa shape index (κ3) is 4.44. The number of aromatic nitrogens is 2. The first kappa shape index (κ1) is 20.3. The Morgan fingerprint density at radius 3 is 2.50 bits per heavy atom. The largest absolute Gasteiger partial charge is 0.352 e. The summed E-state index contributed by atoms with van der Waals surface area (Å²) in [4.78, 5) is 11.7. The first-order valence-electron chi connectivity index (χ1n) is 9.90. The Morgan fingerprint density at radius 2 is 1.80 bits per heavy atom. The standard InChI is InChI=1S/C22H25N5O2S/c1-15(2)20-13-21(26-22(25-20)24-18-6-4-3-5-7-18)27-11-10-16-8-9-19(30(23,28)29)12-17(16)14-27/h3-9,12-13,15H,10-11,14H2,1-2H3,(H2,23,28,29)(H,24,25,26). The monoisotopic (exact) mass is 423 g/mol. The van der Waals surface area contributed by atoms with Gasteiger partial charge >= 0.3 is 0 Å². The van der Waals surface area contributed by atoms with E-state index in [-0.39, 0.29) is 10.8 Å². The summed E-state index contributed by atoms with van der Waals surface area (Å²) in [5.41, 5.74) is 3.96. The van der Waals surface area contributed by atoms with Crippen LogP contribution >= 0.6 is 0 Å². The van der Waals surface area contributed by atoms with Crippen LogP contribution < -0.4 is 15.4 Å². The first-order valence-corrected chi connectivity index (χ1v) is 11.4. The van der Waals surface area contributed by atoms with E-state index < -0.39 is 10.0 Å². The Labute approximate surface area is 177 Å². The molecule has 3 aromatic rings. The molecule has 0 aliphatic carbocycles. The molecule has 0 atom stereocenters. The summed E-state index contributed by atoms with van der Waals surface area (Å²) in [6, 6.07) is 16.9. The second-order valence-electron chi connectivity index (χ2n) is 7.77. The summed E-state index contributed by atoms with van der Waals surface area (Å²) in [7, 11) is -3.73. The Hall–Kier alpha value is -2.97. The highest BCUT2D eigenvalue weighted by Crippen LogP contribution is 2.28. The van der Waals surface area contributed by atoms with Crippen LogP contribution in [0.5, 0.6) is 0 Å². The minimum absolute atomic E-state index is 0.139. The fourth-order valence-electron chi connectivity index (χ4n) is 3.52. The lowest BCUT2D eigenvalue weighted by Gasteiger charge is -2.30. The van der Waals surface area contributed by atoms with Crippen molar-refractivity contribution in [1.29, 1.82) is 0 Å². The molecule has 1 aliphatic rings. The predicted molar refractivity (Wildman–Crippen MR) is 118 cm³/mol. The lowest BCUT2D eigenvalue weighted by molar-refractivity contribution is 0.597. The van der Waals surface area contributed by atoms with Gasteiger partial charge in [0, 0.05) is 24.8 Å². The average molecular weight is 424 g/mol. The molecule has 0 bridgehead atoms. The lowest BCUT2D eigenvalue weighted by Crippen LogP contribution is -2.31. The number of primary sulfonamides is 1. The van der Waals surface area contributed by atoms with Gasteiger partial charge < -0.3 is 10.2 Å². The zero-order valence-electron chi connectivity index (χ0n) is 17.0. The van der Waals surface area contributed by atoms with Crippen LogP contribution in [-0.4, -0.2) is 24.9 Å². The number of anilines is 3. The first-order chi connectivity index (χ1) is 14.3. The molecule has 0 amide bonds. The molecule has 4 rings (SSSR count). The van der Waals surface area contributed by atoms with E-state index in [9.17, 15) is 8.42 Å². The van der Waals surface area contributed by atoms with E-state index in [2.05, 4.69) is 29.0 Å². The van der Waals surface area contributed by atoms with Crippen molar-refractivity contribution >= 4 is 27.5 Å². The summed E-state index contributed by atoms with van der Waals surface area (Å²) in [5.74, 6) is 1.61. The van der Waals surface area contributed by atoms with E-state index in [1.54, 1.807) is 12.1 Å². The molecule has 0 radical (unpaired) electrons. The molecule has 0 unspecified atom stereocenters. The Morgan fingerprint density at radius 1 is 1.03 bits per heavy atom. The van der Waals surface area contributed by atoms with Crippen LogP contribution in [0.15, 0.2) is 59.5 Å². The maximum Gasteiger partial charge on any atom is 0.238 e. The van der Waals surface area contributed by atoms with Gasteiger partial charge in [0.05, 0.1) is 10.6 Å². The Bertz CT molecular complexity index is 1160. The highest BCUT2D eigenvalue weighted by Gasteiger charge is 2.21. The Kier molecular flexibility index (Phi) is 5.44. The van der Waals surface area contributed by atoms with Gasteiger partial charge in [-0.05, 0) is 47.7 Å². The van der Waals surface area contributed by atoms with Gasteiger partial charge in [-0.15, -0.1) is 0 Å². The third-order valence-electron chi connectivity index (χ3n) is 5.20. The molecule has 0 fully saturated rings. The van der Waals surface area contributed by atoms with Crippen LogP contribution in [0.1, 0.15) is 36.6 Å². The van der Waals surface area contributed by atoms with E-state index in [1.165, 1.54) is 0 Å². The number of benzene rings is 2. The molecule has 0 spiro atoms. The van der Waals surface area contributed by atoms with Crippen molar-refractivity contribution in [1.82, 2.24) is 9.97 Å². The van der Waals surface area contributed by atoms with E-state index in [1.807, 2.05) is 42.5 Å². The van der Waals surface area contributed by atoms with Crippen molar-refractivity contribution in [3.63, 3.8) is 0 Å². The highest BCUT2D eigenvalue weighted by atomic mass is 32.2. The molecule has 3 N–H and O–H groups in total. The summed E-state index contributed by atoms with van der Waals surface area (Å²) < 4.78 is 23.5. The van der Waals surface area contributed by atoms with Gasteiger partial charge in [0.15, 0.2) is 0 Å². The number of hydrogen-bond donors (Lipinski definition) is 2. The van der Waals surface area contributed by atoms with Gasteiger partial charge in [-0.1, -0.05) is 38.1 Å². The fourth-order valence-corrected chi connectivity index (χ4v) is 4.09. The lowest BCUT2D eigenvalue weighted by atomic mass is 10.00. The van der Waals surface area contributed by atoms with Crippen molar-refractivity contribution in [3.8, 4) is 0 Å². The van der Waals surface area contributed by atoms with Crippen LogP contribution in [0.4, 0.5) is 17.5 Å². The molecule has 156 valence electrons. The summed E-state index contributed by atoms with van der Waals surface area (Å²) in [6.07, 6.45) is 0.808. The van der Waals surface area contributed by atoms with Crippen molar-refractivity contribution in [3.05, 3.63) is 71.4 Å². The number of rotatable bonds is 5. The SMILES string of the molecule is CC(C)c1cc(N2CCc3ccc(S(N)(=O)=O)cc3C2)nc(Nc2ccccc2)n1. The number of nitrogens with one attached hydrogen (secondary N) is 1. The van der Waals surface area contributed by atoms with Crippen LogP contribution in [0.25, 0.3) is 0 Å². The van der Waals surface area contributed by atoms with Gasteiger partial charge in [-0.25, -0.2) is 18.5 Å². The minimum atomic E-state index is -3.73. The minimum Gasteiger partial charge on any atom is -0.352 e. The normalized spacial score (nSPS) is 13.9. The molecule has 0 saturated carbocycles. The zero-order chi connectivity index (χ0) is 21.3. The molecule has 30 heavy (non-hydrogen) atoms. The second-order valence-corrected chi connectivity index (χ2v) is 9.33. The number of nitrogens with two attached hydrogens (primary N) is 1. The van der Waals surface area contributed by atoms with Crippen LogP contribution in [0.3, 0.4) is 0 Å². The fraction of sp³-hybridized carbons (Fsp3) is 0.273. The van der Waals surface area contributed by atoms with Crippen molar-refractivity contribution in [2.75, 3.05) is 16.8 Å². The average Bonchev–Trinajstić information content (AvgIpc) is 2.72. The second kappa shape index (κ2) is 8.04. The Balaban J connectivity index is 1.67. The van der Waals surface area contributed by atoms with Crippen LogP contribution in [-0.2, 0) is 23.0 Å². The number of nitrogens with zero attached hydrogens (tertiary/aromatic N) is 3. The van der Waals surface area contributed by atoms with Crippen molar-refractivity contribution in [2.24, 2.45) is 5.14 Å². The van der Waals surface area contributed by atoms with Gasteiger partial charge in [-0.2, -0.15) is 4.98 Å². The molecule has 7 nitrogen and oxygen atoms in total. The van der Waals surface area contributed by atoms with Gasteiger partial charge in [-0.3, -0.25) is 0 Å². The number of para-hydroxylation sites is 1. The number of sulfonamides is 1. The molecule has 0 saturated heterocycles. The quantitative estimate of drug-likeness (QED) is 0.651. The van der Waals surface area contributed by atoms with E-state index in [0.717, 1.165) is 41.3 Å². The molecular formula is C22H25N5O2S. The molecule has 1 aromatic heterocycles. The van der Waals surface area contributed by atoms with Crippen molar-refractivity contribution in [2.45, 2.75) is 37.6 Å². The molecule has 2 aromatic carbocycles. The topological polar surface area (TPSA) is 101 Å². The summed E-state index contributed by atoms with van der Waals surface area (Å²) >= 11 is 0. The number of hydrogen-bond acceptors (Lipinski definition) is 6. The molecular weight excluding hydrogens is 398 g/mol. The smallest absolute Gasteiger partial charge is 0.238 e. The summed E-state index contributed by atoms with van der Waals surface area (Å²) in [6.45, 7) is 5.56. The zero-order valence-corrected chi connectivity index (χ0v) is 17.9. The summed E-state index contributed by atoms with van der Waals surface area (Å²) in [5, 5.41) is 8.59. The van der Waals surface area contributed by atoms with Gasteiger partial charge in [0.25, 0.3) is 0 Å². The highest BCUT2D eigenvalue weighted by molar-refractivity contribution is 7.89. The third-order valence-corrected chi connectivity index (χ3v) is 6.11. The maximum atomic E-state index is 11.7. The number of fused-ring (bicyclic) bond motifs is 1. The molecule has 1 aliphatic heterocycles. The molecule has 8 heteroatoms. The van der Waals surface area contributed by atoms with E-state index in [4.69, 9.17) is 10.1 Å². The van der Waals surface area contributed by atoms with Crippen LogP contribution in [0, 0.1) is 0 Å². The van der Waals surface area contributed by atoms with E-state index >= 15 is 0 Å². The maximum absolute atomic E-state index is 11.7. The van der Waals surface area contributed by atoms with Crippen LogP contribution in [0.2, 0.25) is 0 Å². The van der Waals surface area contributed by atoms with Gasteiger partial charge in [0.1, 0.15) is 5.82 Å². The predicted octanol–water partition coefficient (Wildman–Crippen LogP) is 3.55. The van der Waals surface area contributed by atoms with Crippen molar-refractivity contribution < 1.29 is 8.42 Å². The van der Waals surface area contributed by atoms with Gasteiger partial charge in [0.2, 0.25) is 16.0 Å².